The summed E-state index contributed by atoms with van der Waals surface area (Å²) in [7, 11) is 5.44. The molecule has 126 valence electrons. The van der Waals surface area contributed by atoms with Crippen LogP contribution >= 0.6 is 0 Å². The smallest absolute Gasteiger partial charge is 0.295 e. The molecule has 0 aliphatic rings. The van der Waals surface area contributed by atoms with Crippen LogP contribution in [0.1, 0.15) is 0 Å². The topological polar surface area (TPSA) is 143 Å². The zero-order valence-corrected chi connectivity index (χ0v) is 13.0. The van der Waals surface area contributed by atoms with Crippen molar-refractivity contribution in [2.24, 2.45) is 5.10 Å². The fraction of sp³-hybridized carbons (Fsp3) is 0.818. The van der Waals surface area contributed by atoms with Gasteiger partial charge in [-0.1, -0.05) is 0 Å². The first-order chi connectivity index (χ1) is 9.08. The number of amides is 1. The van der Waals surface area contributed by atoms with E-state index in [9.17, 15) is 20.1 Å². The van der Waals surface area contributed by atoms with Gasteiger partial charge in [0.05, 0.1) is 34.0 Å². The van der Waals surface area contributed by atoms with Gasteiger partial charge in [0.2, 0.25) is 0 Å². The van der Waals surface area contributed by atoms with Crippen LogP contribution < -0.4 is 17.8 Å². The summed E-state index contributed by atoms with van der Waals surface area (Å²) in [6.45, 7) is -0.593. The maximum Gasteiger partial charge on any atom is 0.295 e. The summed E-state index contributed by atoms with van der Waals surface area (Å²) >= 11 is 0. The quantitative estimate of drug-likeness (QED) is 0.148. The van der Waals surface area contributed by atoms with Gasteiger partial charge in [0.25, 0.3) is 5.91 Å². The van der Waals surface area contributed by atoms with Crippen molar-refractivity contribution in [3.63, 3.8) is 0 Å². The first kappa shape index (κ1) is 22.5. The first-order valence-corrected chi connectivity index (χ1v) is 6.04. The number of likely N-dealkylation sites (N-methyl/N-ethyl adjacent to an activating group) is 1. The summed E-state index contributed by atoms with van der Waals surface area (Å²) in [5.41, 5.74) is 2.16. The number of quaternary nitrogens is 1. The summed E-state index contributed by atoms with van der Waals surface area (Å²) in [4.78, 5) is 11.4. The SMILES string of the molecule is C[N+](C)(C)CC(=O)NN=C[C@H](O)[C@@H](O)[C@H](O)[C@H](O)CO.[Cl-]. The van der Waals surface area contributed by atoms with Gasteiger partial charge in [-0.05, 0) is 0 Å². The van der Waals surface area contributed by atoms with E-state index in [0.29, 0.717) is 4.48 Å². The Bertz CT molecular complexity index is 336. The van der Waals surface area contributed by atoms with Crippen LogP contribution in [0.15, 0.2) is 5.10 Å². The molecule has 6 N–H and O–H groups in total. The minimum atomic E-state index is -1.74. The second-order valence-electron chi connectivity index (χ2n) is 5.48. The Morgan fingerprint density at radius 3 is 2.14 bits per heavy atom. The lowest BCUT2D eigenvalue weighted by Crippen LogP contribution is -3.00. The molecule has 0 aliphatic heterocycles. The number of nitrogens with zero attached hydrogens (tertiary/aromatic N) is 2. The van der Waals surface area contributed by atoms with Crippen LogP contribution in [0.25, 0.3) is 0 Å². The van der Waals surface area contributed by atoms with Crippen molar-refractivity contribution < 1.29 is 47.2 Å². The third kappa shape index (κ3) is 9.69. The van der Waals surface area contributed by atoms with Crippen molar-refractivity contribution >= 4 is 12.1 Å². The highest BCUT2D eigenvalue weighted by Gasteiger charge is 2.29. The van der Waals surface area contributed by atoms with Crippen molar-refractivity contribution in [1.29, 1.82) is 0 Å². The Balaban J connectivity index is 0. The van der Waals surface area contributed by atoms with E-state index in [1.807, 2.05) is 21.1 Å². The lowest BCUT2D eigenvalue weighted by atomic mass is 10.0. The Morgan fingerprint density at radius 1 is 1.19 bits per heavy atom. The predicted octanol–water partition coefficient (Wildman–Crippen LogP) is -6.77. The lowest BCUT2D eigenvalue weighted by Gasteiger charge is -2.23. The number of carbonyl (C=O) groups is 1. The molecule has 21 heavy (non-hydrogen) atoms. The van der Waals surface area contributed by atoms with E-state index in [4.69, 9.17) is 10.2 Å². The Hall–Kier alpha value is -0.810. The Labute approximate surface area is 129 Å². The van der Waals surface area contributed by atoms with E-state index in [1.54, 1.807) is 0 Å². The van der Waals surface area contributed by atoms with Crippen molar-refractivity contribution in [2.75, 3.05) is 34.3 Å². The fourth-order valence-corrected chi connectivity index (χ4v) is 1.28. The van der Waals surface area contributed by atoms with Crippen LogP contribution in [0.4, 0.5) is 0 Å². The number of aliphatic hydroxyl groups excluding tert-OH is 5. The van der Waals surface area contributed by atoms with Crippen LogP contribution in [0, 0.1) is 0 Å². The molecular weight excluding hydrogens is 306 g/mol. The molecule has 0 aromatic heterocycles. The molecule has 0 saturated carbocycles. The maximum atomic E-state index is 11.4. The minimum Gasteiger partial charge on any atom is -1.00 e. The third-order valence-corrected chi connectivity index (χ3v) is 2.32. The number of carbonyl (C=O) groups excluding carboxylic acids is 1. The zero-order valence-electron chi connectivity index (χ0n) is 12.2. The second-order valence-corrected chi connectivity index (χ2v) is 5.48. The van der Waals surface area contributed by atoms with Gasteiger partial charge in [-0.2, -0.15) is 5.10 Å². The fourth-order valence-electron chi connectivity index (χ4n) is 1.28. The highest BCUT2D eigenvalue weighted by molar-refractivity contribution is 5.78. The Morgan fingerprint density at radius 2 is 1.71 bits per heavy atom. The summed E-state index contributed by atoms with van der Waals surface area (Å²) < 4.78 is 0.397. The summed E-state index contributed by atoms with van der Waals surface area (Å²) in [5.74, 6) is -0.383. The number of halogens is 1. The van der Waals surface area contributed by atoms with E-state index in [1.165, 1.54) is 0 Å². The molecule has 0 saturated heterocycles. The van der Waals surface area contributed by atoms with Gasteiger partial charge >= 0.3 is 0 Å². The van der Waals surface area contributed by atoms with E-state index in [2.05, 4.69) is 10.5 Å². The normalized spacial score (nSPS) is 17.7. The summed E-state index contributed by atoms with van der Waals surface area (Å²) in [6, 6.07) is 0. The van der Waals surface area contributed by atoms with Crippen molar-refractivity contribution in [1.82, 2.24) is 5.43 Å². The van der Waals surface area contributed by atoms with Crippen molar-refractivity contribution in [3.05, 3.63) is 0 Å². The maximum absolute atomic E-state index is 11.4. The number of rotatable bonds is 8. The average Bonchev–Trinajstić information content (AvgIpc) is 2.33. The number of hydrogen-bond donors (Lipinski definition) is 6. The van der Waals surface area contributed by atoms with Crippen LogP contribution in [0.5, 0.6) is 0 Å². The molecule has 0 unspecified atom stereocenters. The average molecular weight is 330 g/mol. The monoisotopic (exact) mass is 329 g/mol. The Kier molecular flexibility index (Phi) is 10.7. The predicted molar refractivity (Wildman–Crippen MR) is 70.6 cm³/mol. The summed E-state index contributed by atoms with van der Waals surface area (Å²) in [5, 5.41) is 49.4. The van der Waals surface area contributed by atoms with Gasteiger partial charge in [-0.15, -0.1) is 0 Å². The van der Waals surface area contributed by atoms with E-state index >= 15 is 0 Å². The standard InChI is InChI=1S/C11H23N3O6.ClH/c1-14(2,3)5-9(18)13-12-4-7(16)10(19)11(20)8(17)6-15;/h4,7-8,10-11,15-17,19-20H,5-6H2,1-3H3;1H/t7-,8+,10+,11+;/m0./s1. The molecule has 0 rings (SSSR count). The molecule has 9 nitrogen and oxygen atoms in total. The number of aliphatic hydroxyl groups is 5. The third-order valence-electron chi connectivity index (χ3n) is 2.32. The van der Waals surface area contributed by atoms with E-state index < -0.39 is 31.0 Å². The molecule has 10 heteroatoms. The van der Waals surface area contributed by atoms with E-state index in [0.717, 1.165) is 6.21 Å². The van der Waals surface area contributed by atoms with Crippen LogP contribution in [-0.4, -0.2) is 101 Å². The van der Waals surface area contributed by atoms with Gasteiger partial charge < -0.3 is 42.4 Å². The van der Waals surface area contributed by atoms with Crippen LogP contribution in [-0.2, 0) is 4.79 Å². The van der Waals surface area contributed by atoms with E-state index in [-0.39, 0.29) is 24.9 Å². The molecular formula is C11H24ClN3O6. The molecule has 0 heterocycles. The molecule has 0 radical (unpaired) electrons. The van der Waals surface area contributed by atoms with Gasteiger partial charge in [0, 0.05) is 0 Å². The summed E-state index contributed by atoms with van der Waals surface area (Å²) in [6.07, 6.45) is -5.83. The van der Waals surface area contributed by atoms with Gasteiger partial charge in [-0.3, -0.25) is 4.79 Å². The molecule has 4 atom stereocenters. The highest BCUT2D eigenvalue weighted by atomic mass is 35.5. The molecule has 0 bridgehead atoms. The van der Waals surface area contributed by atoms with Gasteiger partial charge in [-0.25, -0.2) is 5.43 Å². The molecule has 0 aromatic rings. The molecule has 0 aliphatic carbocycles. The minimum absolute atomic E-state index is 0. The van der Waals surface area contributed by atoms with Crippen molar-refractivity contribution in [2.45, 2.75) is 24.4 Å². The number of nitrogens with one attached hydrogen (secondary N) is 1. The van der Waals surface area contributed by atoms with Crippen LogP contribution in [0.2, 0.25) is 0 Å². The number of hydrogen-bond acceptors (Lipinski definition) is 7. The molecule has 1 amide bonds. The lowest BCUT2D eigenvalue weighted by molar-refractivity contribution is -0.862. The molecule has 0 spiro atoms. The van der Waals surface area contributed by atoms with Crippen LogP contribution in [0.3, 0.4) is 0 Å². The largest absolute Gasteiger partial charge is 1.00 e. The first-order valence-electron chi connectivity index (χ1n) is 6.04. The zero-order chi connectivity index (χ0) is 15.9. The van der Waals surface area contributed by atoms with Gasteiger partial charge in [0.1, 0.15) is 24.4 Å². The molecule has 0 aromatic carbocycles. The van der Waals surface area contributed by atoms with Crippen molar-refractivity contribution in [3.8, 4) is 0 Å². The van der Waals surface area contributed by atoms with Gasteiger partial charge in [0.15, 0.2) is 6.54 Å². The number of hydrazone groups is 1. The highest BCUT2D eigenvalue weighted by Crippen LogP contribution is 2.03. The second kappa shape index (κ2) is 10.0. The molecule has 0 fully saturated rings.